The number of hydrogen-bond donors (Lipinski definition) is 1. The molecule has 0 saturated carbocycles. The Morgan fingerprint density at radius 1 is 1.47 bits per heavy atom. The third-order valence-electron chi connectivity index (χ3n) is 3.40. The van der Waals surface area contributed by atoms with Crippen LogP contribution < -0.4 is 5.73 Å². The van der Waals surface area contributed by atoms with Crippen LogP contribution >= 0.6 is 23.2 Å². The van der Waals surface area contributed by atoms with E-state index in [0.29, 0.717) is 16.5 Å². The van der Waals surface area contributed by atoms with Crippen molar-refractivity contribution in [2.75, 3.05) is 6.54 Å². The van der Waals surface area contributed by atoms with Crippen molar-refractivity contribution in [2.24, 2.45) is 5.73 Å². The van der Waals surface area contributed by atoms with Gasteiger partial charge in [0.2, 0.25) is 5.91 Å². The highest BCUT2D eigenvalue weighted by atomic mass is 35.5. The predicted molar refractivity (Wildman–Crippen MR) is 78.4 cm³/mol. The van der Waals surface area contributed by atoms with E-state index in [9.17, 15) is 4.79 Å². The van der Waals surface area contributed by atoms with Gasteiger partial charge in [-0.15, -0.1) is 0 Å². The molecule has 2 rings (SSSR count). The maximum absolute atomic E-state index is 12.2. The van der Waals surface area contributed by atoms with Crippen molar-refractivity contribution in [3.8, 4) is 0 Å². The van der Waals surface area contributed by atoms with Crippen LogP contribution in [0.5, 0.6) is 0 Å². The van der Waals surface area contributed by atoms with E-state index in [0.717, 1.165) is 24.9 Å². The SMILES string of the molecule is CC(N)CC(=O)N1CCCC1c1ccc(Cl)c(Cl)c1. The van der Waals surface area contributed by atoms with Crippen LogP contribution in [0.2, 0.25) is 10.0 Å². The fraction of sp³-hybridized carbons (Fsp3) is 0.500. The van der Waals surface area contributed by atoms with Crippen molar-refractivity contribution in [2.45, 2.75) is 38.3 Å². The van der Waals surface area contributed by atoms with Gasteiger partial charge in [0, 0.05) is 19.0 Å². The average Bonchev–Trinajstić information content (AvgIpc) is 2.81. The van der Waals surface area contributed by atoms with Gasteiger partial charge in [0.25, 0.3) is 0 Å². The molecule has 1 aliphatic heterocycles. The molecule has 104 valence electrons. The van der Waals surface area contributed by atoms with Crippen LogP contribution in [0, 0.1) is 0 Å². The summed E-state index contributed by atoms with van der Waals surface area (Å²) < 4.78 is 0. The van der Waals surface area contributed by atoms with E-state index < -0.39 is 0 Å². The molecule has 0 bridgehead atoms. The highest BCUT2D eigenvalue weighted by Crippen LogP contribution is 2.35. The molecule has 1 aromatic rings. The normalized spacial score (nSPS) is 20.6. The van der Waals surface area contributed by atoms with Crippen LogP contribution in [0.1, 0.15) is 37.8 Å². The van der Waals surface area contributed by atoms with Crippen molar-refractivity contribution in [1.29, 1.82) is 0 Å². The lowest BCUT2D eigenvalue weighted by atomic mass is 10.0. The first-order valence-electron chi connectivity index (χ1n) is 6.49. The van der Waals surface area contributed by atoms with Crippen molar-refractivity contribution >= 4 is 29.1 Å². The number of carbonyl (C=O) groups excluding carboxylic acids is 1. The summed E-state index contributed by atoms with van der Waals surface area (Å²) in [4.78, 5) is 14.1. The minimum Gasteiger partial charge on any atom is -0.336 e. The predicted octanol–water partition coefficient (Wildman–Crippen LogP) is 3.39. The number of rotatable bonds is 3. The molecular formula is C14H18Cl2N2O. The van der Waals surface area contributed by atoms with E-state index in [1.807, 2.05) is 24.0 Å². The van der Waals surface area contributed by atoms with Gasteiger partial charge in [-0.2, -0.15) is 0 Å². The highest BCUT2D eigenvalue weighted by Gasteiger charge is 2.30. The molecule has 1 saturated heterocycles. The first-order valence-corrected chi connectivity index (χ1v) is 7.24. The Bertz CT molecular complexity index is 477. The Kier molecular flexibility index (Phi) is 4.71. The molecule has 1 aromatic carbocycles. The summed E-state index contributed by atoms with van der Waals surface area (Å²) in [6.45, 7) is 2.64. The standard InChI is InChI=1S/C14H18Cl2N2O/c1-9(17)7-14(19)18-6-2-3-13(18)10-4-5-11(15)12(16)8-10/h4-5,8-9,13H,2-3,6-7,17H2,1H3. The molecule has 19 heavy (non-hydrogen) atoms. The molecule has 2 N–H and O–H groups in total. The molecule has 2 unspecified atom stereocenters. The fourth-order valence-corrected chi connectivity index (χ4v) is 2.83. The lowest BCUT2D eigenvalue weighted by molar-refractivity contribution is -0.132. The summed E-state index contributed by atoms with van der Waals surface area (Å²) in [6, 6.07) is 5.57. The molecule has 5 heteroatoms. The summed E-state index contributed by atoms with van der Waals surface area (Å²) in [7, 11) is 0. The van der Waals surface area contributed by atoms with E-state index in [1.54, 1.807) is 6.07 Å². The monoisotopic (exact) mass is 300 g/mol. The maximum Gasteiger partial charge on any atom is 0.224 e. The third-order valence-corrected chi connectivity index (χ3v) is 4.14. The molecule has 1 fully saturated rings. The summed E-state index contributed by atoms with van der Waals surface area (Å²) in [5.41, 5.74) is 6.75. The number of hydrogen-bond acceptors (Lipinski definition) is 2. The summed E-state index contributed by atoms with van der Waals surface area (Å²) in [5.74, 6) is 0.114. The fourth-order valence-electron chi connectivity index (χ4n) is 2.52. The topological polar surface area (TPSA) is 46.3 Å². The zero-order chi connectivity index (χ0) is 14.0. The first kappa shape index (κ1) is 14.6. The van der Waals surface area contributed by atoms with E-state index >= 15 is 0 Å². The Labute approximate surface area is 123 Å². The number of carbonyl (C=O) groups is 1. The second-order valence-electron chi connectivity index (χ2n) is 5.10. The number of benzene rings is 1. The lowest BCUT2D eigenvalue weighted by Gasteiger charge is -2.26. The van der Waals surface area contributed by atoms with Crippen molar-refractivity contribution in [3.63, 3.8) is 0 Å². The Balaban J connectivity index is 2.18. The van der Waals surface area contributed by atoms with Gasteiger partial charge in [0.15, 0.2) is 0 Å². The first-order chi connectivity index (χ1) is 8.99. The number of nitrogens with two attached hydrogens (primary N) is 1. The van der Waals surface area contributed by atoms with Crippen LogP contribution in [0.4, 0.5) is 0 Å². The second-order valence-corrected chi connectivity index (χ2v) is 5.91. The summed E-state index contributed by atoms with van der Waals surface area (Å²) in [6.07, 6.45) is 2.36. The molecule has 2 atom stereocenters. The molecule has 1 heterocycles. The van der Waals surface area contributed by atoms with Crippen LogP contribution in [0.3, 0.4) is 0 Å². The Morgan fingerprint density at radius 2 is 2.21 bits per heavy atom. The van der Waals surface area contributed by atoms with Gasteiger partial charge in [-0.1, -0.05) is 29.3 Å². The zero-order valence-electron chi connectivity index (χ0n) is 10.9. The highest BCUT2D eigenvalue weighted by molar-refractivity contribution is 6.42. The van der Waals surface area contributed by atoms with Gasteiger partial charge >= 0.3 is 0 Å². The minimum absolute atomic E-state index is 0.0982. The van der Waals surface area contributed by atoms with Crippen molar-refractivity contribution in [3.05, 3.63) is 33.8 Å². The maximum atomic E-state index is 12.2. The Hall–Kier alpha value is -0.770. The van der Waals surface area contributed by atoms with Crippen molar-refractivity contribution in [1.82, 2.24) is 4.90 Å². The minimum atomic E-state index is -0.109. The summed E-state index contributed by atoms with van der Waals surface area (Å²) >= 11 is 12.0. The average molecular weight is 301 g/mol. The number of likely N-dealkylation sites (tertiary alicyclic amines) is 1. The Morgan fingerprint density at radius 3 is 2.84 bits per heavy atom. The number of halogens is 2. The van der Waals surface area contributed by atoms with Gasteiger partial charge in [-0.3, -0.25) is 4.79 Å². The van der Waals surface area contributed by atoms with E-state index in [2.05, 4.69) is 0 Å². The number of amides is 1. The van der Waals surface area contributed by atoms with Gasteiger partial charge in [-0.25, -0.2) is 0 Å². The zero-order valence-corrected chi connectivity index (χ0v) is 12.4. The lowest BCUT2D eigenvalue weighted by Crippen LogP contribution is -2.34. The quantitative estimate of drug-likeness (QED) is 0.930. The molecular weight excluding hydrogens is 283 g/mol. The van der Waals surface area contributed by atoms with Crippen LogP contribution in [-0.4, -0.2) is 23.4 Å². The van der Waals surface area contributed by atoms with Gasteiger partial charge in [0.1, 0.15) is 0 Å². The van der Waals surface area contributed by atoms with Gasteiger partial charge < -0.3 is 10.6 Å². The number of nitrogens with zero attached hydrogens (tertiary/aromatic N) is 1. The molecule has 0 aliphatic carbocycles. The molecule has 0 spiro atoms. The molecule has 1 aliphatic rings. The van der Waals surface area contributed by atoms with Crippen LogP contribution in [0.15, 0.2) is 18.2 Å². The van der Waals surface area contributed by atoms with Crippen LogP contribution in [-0.2, 0) is 4.79 Å². The largest absolute Gasteiger partial charge is 0.336 e. The molecule has 0 aromatic heterocycles. The summed E-state index contributed by atoms with van der Waals surface area (Å²) in [5, 5.41) is 1.07. The van der Waals surface area contributed by atoms with Crippen LogP contribution in [0.25, 0.3) is 0 Å². The van der Waals surface area contributed by atoms with Crippen molar-refractivity contribution < 1.29 is 4.79 Å². The second kappa shape index (κ2) is 6.12. The molecule has 3 nitrogen and oxygen atoms in total. The van der Waals surface area contributed by atoms with E-state index in [1.165, 1.54) is 0 Å². The smallest absolute Gasteiger partial charge is 0.224 e. The third kappa shape index (κ3) is 3.41. The van der Waals surface area contributed by atoms with E-state index in [4.69, 9.17) is 28.9 Å². The molecule has 0 radical (unpaired) electrons. The van der Waals surface area contributed by atoms with Gasteiger partial charge in [0.05, 0.1) is 16.1 Å². The van der Waals surface area contributed by atoms with Gasteiger partial charge in [-0.05, 0) is 37.5 Å². The van der Waals surface area contributed by atoms with E-state index in [-0.39, 0.29) is 18.0 Å². The molecule has 1 amide bonds.